The summed E-state index contributed by atoms with van der Waals surface area (Å²) in [5.41, 5.74) is 1.24. The largest absolute Gasteiger partial charge is 0.504 e. The fraction of sp³-hybridized carbons (Fsp3) is 0.500. The summed E-state index contributed by atoms with van der Waals surface area (Å²) in [6, 6.07) is 15.2. The Morgan fingerprint density at radius 1 is 1.03 bits per heavy atom. The molecular weight excluding hydrogens is 458 g/mol. The van der Waals surface area contributed by atoms with E-state index in [0.29, 0.717) is 44.7 Å². The summed E-state index contributed by atoms with van der Waals surface area (Å²) in [4.78, 5) is 32.9. The van der Waals surface area contributed by atoms with Crippen molar-refractivity contribution in [3.8, 4) is 11.5 Å². The van der Waals surface area contributed by atoms with Gasteiger partial charge in [-0.15, -0.1) is 0 Å². The molecule has 2 aliphatic heterocycles. The number of piperidine rings is 1. The number of phenols is 1. The molecule has 0 saturated carbocycles. The van der Waals surface area contributed by atoms with E-state index >= 15 is 0 Å². The molecule has 36 heavy (non-hydrogen) atoms. The Bertz CT molecular complexity index is 1050. The average Bonchev–Trinajstić information content (AvgIpc) is 3.07. The number of phenolic OH excluding ortho intramolecular Hbond substituents is 1. The lowest BCUT2D eigenvalue weighted by molar-refractivity contribution is -0.136. The second kappa shape index (κ2) is 11.3. The average molecular weight is 496 g/mol. The van der Waals surface area contributed by atoms with Crippen LogP contribution in [0.1, 0.15) is 37.3 Å². The normalized spacial score (nSPS) is 18.8. The van der Waals surface area contributed by atoms with Gasteiger partial charge in [-0.3, -0.25) is 9.69 Å². The van der Waals surface area contributed by atoms with Crippen LogP contribution < -0.4 is 4.74 Å². The highest BCUT2D eigenvalue weighted by Crippen LogP contribution is 2.39. The quantitative estimate of drug-likeness (QED) is 0.400. The first-order valence-corrected chi connectivity index (χ1v) is 12.7. The lowest BCUT2D eigenvalue weighted by Gasteiger charge is -2.44. The van der Waals surface area contributed by atoms with Crippen molar-refractivity contribution in [2.45, 2.75) is 50.7 Å². The van der Waals surface area contributed by atoms with Crippen molar-refractivity contribution >= 4 is 11.9 Å². The van der Waals surface area contributed by atoms with Gasteiger partial charge < -0.3 is 24.4 Å². The number of imide groups is 1. The zero-order valence-corrected chi connectivity index (χ0v) is 21.5. The molecule has 2 aromatic carbocycles. The number of carbonyl (C=O) groups is 2. The van der Waals surface area contributed by atoms with Gasteiger partial charge in [0, 0.05) is 39.4 Å². The Morgan fingerprint density at radius 3 is 2.42 bits per heavy atom. The van der Waals surface area contributed by atoms with E-state index in [2.05, 4.69) is 11.8 Å². The molecule has 0 unspecified atom stereocenters. The zero-order valence-electron chi connectivity index (χ0n) is 21.5. The second-order valence-electron chi connectivity index (χ2n) is 9.78. The molecule has 2 aromatic rings. The number of aromatic hydroxyl groups is 1. The van der Waals surface area contributed by atoms with E-state index in [1.165, 1.54) is 4.90 Å². The summed E-state index contributed by atoms with van der Waals surface area (Å²) in [5, 5.41) is 9.89. The molecular formula is C28H37N3O5. The number of methoxy groups -OCH3 is 2. The first-order valence-electron chi connectivity index (χ1n) is 12.7. The molecule has 8 nitrogen and oxygen atoms in total. The van der Waals surface area contributed by atoms with Crippen molar-refractivity contribution in [3.63, 3.8) is 0 Å². The maximum atomic E-state index is 13.8. The Labute approximate surface area is 213 Å². The van der Waals surface area contributed by atoms with Crippen LogP contribution in [0.5, 0.6) is 11.5 Å². The van der Waals surface area contributed by atoms with Gasteiger partial charge in [-0.05, 0) is 55.9 Å². The molecule has 2 saturated heterocycles. The highest BCUT2D eigenvalue weighted by atomic mass is 16.5. The first-order chi connectivity index (χ1) is 17.4. The number of urea groups is 1. The molecule has 4 rings (SSSR count). The van der Waals surface area contributed by atoms with Crippen molar-refractivity contribution in [1.82, 2.24) is 14.7 Å². The van der Waals surface area contributed by atoms with Gasteiger partial charge in [0.15, 0.2) is 11.5 Å². The van der Waals surface area contributed by atoms with Crippen LogP contribution in [0.3, 0.4) is 0 Å². The van der Waals surface area contributed by atoms with E-state index < -0.39 is 5.54 Å². The van der Waals surface area contributed by atoms with Gasteiger partial charge in [0.1, 0.15) is 5.54 Å². The predicted molar refractivity (Wildman–Crippen MR) is 137 cm³/mol. The summed E-state index contributed by atoms with van der Waals surface area (Å²) in [5.74, 6) is 0.522. The van der Waals surface area contributed by atoms with Gasteiger partial charge in [-0.2, -0.15) is 0 Å². The molecule has 0 radical (unpaired) electrons. The van der Waals surface area contributed by atoms with Crippen LogP contribution in [0.4, 0.5) is 4.79 Å². The summed E-state index contributed by atoms with van der Waals surface area (Å²) in [6.45, 7) is 4.99. The van der Waals surface area contributed by atoms with Gasteiger partial charge >= 0.3 is 6.03 Å². The monoisotopic (exact) mass is 495 g/mol. The van der Waals surface area contributed by atoms with Crippen molar-refractivity contribution in [2.24, 2.45) is 0 Å². The summed E-state index contributed by atoms with van der Waals surface area (Å²) in [7, 11) is 3.20. The van der Waals surface area contributed by atoms with Crippen LogP contribution in [-0.2, 0) is 22.5 Å². The number of ether oxygens (including phenoxy) is 2. The highest BCUT2D eigenvalue weighted by Gasteiger charge is 2.57. The predicted octanol–water partition coefficient (Wildman–Crippen LogP) is 3.67. The number of amides is 3. The molecule has 2 fully saturated rings. The number of likely N-dealkylation sites (tertiary alicyclic amines) is 1. The topological polar surface area (TPSA) is 82.6 Å². The Hall–Kier alpha value is -3.10. The fourth-order valence-corrected chi connectivity index (χ4v) is 5.50. The molecule has 1 spiro atoms. The van der Waals surface area contributed by atoms with E-state index in [1.54, 1.807) is 20.3 Å². The smallest absolute Gasteiger partial charge is 0.327 e. The second-order valence-corrected chi connectivity index (χ2v) is 9.78. The number of benzene rings is 2. The fourth-order valence-electron chi connectivity index (χ4n) is 5.50. The Morgan fingerprint density at radius 2 is 1.75 bits per heavy atom. The van der Waals surface area contributed by atoms with E-state index in [-0.39, 0.29) is 23.7 Å². The molecule has 3 amide bonds. The van der Waals surface area contributed by atoms with E-state index in [0.717, 1.165) is 30.6 Å². The van der Waals surface area contributed by atoms with Crippen molar-refractivity contribution in [2.75, 3.05) is 40.5 Å². The van der Waals surface area contributed by atoms with Gasteiger partial charge in [0.25, 0.3) is 5.91 Å². The van der Waals surface area contributed by atoms with Gasteiger partial charge in [-0.1, -0.05) is 36.4 Å². The lowest BCUT2D eigenvalue weighted by atomic mass is 9.84. The van der Waals surface area contributed by atoms with Crippen LogP contribution in [0.25, 0.3) is 0 Å². The number of nitrogens with zero attached hydrogens (tertiary/aromatic N) is 3. The minimum absolute atomic E-state index is 0.0793. The van der Waals surface area contributed by atoms with Gasteiger partial charge in [-0.25, -0.2) is 4.79 Å². The molecule has 0 bridgehead atoms. The molecule has 2 heterocycles. The summed E-state index contributed by atoms with van der Waals surface area (Å²) >= 11 is 0. The highest BCUT2D eigenvalue weighted by molar-refractivity contribution is 6.07. The van der Waals surface area contributed by atoms with E-state index in [1.807, 2.05) is 47.4 Å². The lowest BCUT2D eigenvalue weighted by Crippen LogP contribution is -2.58. The van der Waals surface area contributed by atoms with E-state index in [9.17, 15) is 14.7 Å². The molecule has 8 heteroatoms. The number of hydrogen-bond donors (Lipinski definition) is 1. The number of hydrogen-bond acceptors (Lipinski definition) is 6. The SMILES string of the molecule is COCCCN1C(=O)N(Cc2ccccc2)C(=O)C12CCN([C@@H](C)Cc1ccc(O)c(OC)c1)CC2. The third-order valence-corrected chi connectivity index (χ3v) is 7.56. The maximum absolute atomic E-state index is 13.8. The molecule has 1 atom stereocenters. The third kappa shape index (κ3) is 5.20. The molecule has 0 aliphatic carbocycles. The number of rotatable bonds is 10. The van der Waals surface area contributed by atoms with Crippen molar-refractivity contribution < 1.29 is 24.2 Å². The van der Waals surface area contributed by atoms with Gasteiger partial charge in [0.2, 0.25) is 0 Å². The minimum Gasteiger partial charge on any atom is -0.504 e. The van der Waals surface area contributed by atoms with Crippen LogP contribution in [0.15, 0.2) is 48.5 Å². The zero-order chi connectivity index (χ0) is 25.7. The molecule has 2 aliphatic rings. The minimum atomic E-state index is -0.794. The maximum Gasteiger partial charge on any atom is 0.327 e. The van der Waals surface area contributed by atoms with Crippen molar-refractivity contribution in [3.05, 3.63) is 59.7 Å². The third-order valence-electron chi connectivity index (χ3n) is 7.56. The first kappa shape index (κ1) is 26.0. The van der Waals surface area contributed by atoms with Crippen LogP contribution in [0.2, 0.25) is 0 Å². The number of carbonyl (C=O) groups excluding carboxylic acids is 2. The van der Waals surface area contributed by atoms with Crippen molar-refractivity contribution in [1.29, 1.82) is 0 Å². The Kier molecular flexibility index (Phi) is 8.16. The standard InChI is InChI=1S/C28H37N3O5/c1-21(18-23-10-11-24(32)25(19-23)36-3)29-15-12-28(13-16-29)26(33)30(20-22-8-5-4-6-9-22)27(34)31(28)14-7-17-35-2/h4-6,8-11,19,21,32H,7,12-18,20H2,1-3H3/t21-/m0/s1. The Balaban J connectivity index is 1.47. The van der Waals surface area contributed by atoms with Crippen LogP contribution >= 0.6 is 0 Å². The summed E-state index contributed by atoms with van der Waals surface area (Å²) in [6.07, 6.45) is 2.71. The molecule has 194 valence electrons. The van der Waals surface area contributed by atoms with E-state index in [4.69, 9.17) is 9.47 Å². The van der Waals surface area contributed by atoms with Gasteiger partial charge in [0.05, 0.1) is 13.7 Å². The van der Waals surface area contributed by atoms with Crippen LogP contribution in [-0.4, -0.2) is 83.8 Å². The molecule has 0 aromatic heterocycles. The molecule has 1 N–H and O–H groups in total. The van der Waals surface area contributed by atoms with Crippen LogP contribution in [0, 0.1) is 0 Å². The summed E-state index contributed by atoms with van der Waals surface area (Å²) < 4.78 is 10.5.